The molecule has 1 aliphatic rings. The molecule has 2 unspecified atom stereocenters. The standard InChI is InChI=1S/C17H27NO2S/c1-3-10-18-17(16-7-5-4-6-14(16)2)13-21(19)15-8-11-20-12-9-15/h4-7,15,17-18H,3,8-13H2,1-2H3. The van der Waals surface area contributed by atoms with E-state index in [1.807, 2.05) is 0 Å². The molecule has 21 heavy (non-hydrogen) atoms. The van der Waals surface area contributed by atoms with E-state index in [2.05, 4.69) is 43.4 Å². The van der Waals surface area contributed by atoms with Gasteiger partial charge >= 0.3 is 0 Å². The smallest absolute Gasteiger partial charge is 0.0477 e. The molecule has 1 heterocycles. The zero-order chi connectivity index (χ0) is 15.1. The highest BCUT2D eigenvalue weighted by Gasteiger charge is 2.24. The third-order valence-electron chi connectivity index (χ3n) is 4.08. The van der Waals surface area contributed by atoms with E-state index in [0.29, 0.717) is 11.0 Å². The van der Waals surface area contributed by atoms with Crippen LogP contribution in [-0.2, 0) is 15.5 Å². The molecule has 4 heteroatoms. The minimum absolute atomic E-state index is 0.190. The maximum atomic E-state index is 12.7. The fourth-order valence-electron chi connectivity index (χ4n) is 2.79. The van der Waals surface area contributed by atoms with Gasteiger partial charge in [-0.3, -0.25) is 4.21 Å². The predicted molar refractivity (Wildman–Crippen MR) is 89.1 cm³/mol. The molecule has 1 fully saturated rings. The lowest BCUT2D eigenvalue weighted by atomic mass is 10.0. The third-order valence-corrected chi connectivity index (χ3v) is 5.95. The third kappa shape index (κ3) is 4.90. The van der Waals surface area contributed by atoms with Crippen LogP contribution in [0, 0.1) is 6.92 Å². The Labute approximate surface area is 130 Å². The van der Waals surface area contributed by atoms with Crippen molar-refractivity contribution in [3.05, 3.63) is 35.4 Å². The Morgan fingerprint density at radius 2 is 2.05 bits per heavy atom. The summed E-state index contributed by atoms with van der Waals surface area (Å²) in [7, 11) is -0.791. The molecule has 1 N–H and O–H groups in total. The number of benzene rings is 1. The maximum Gasteiger partial charge on any atom is 0.0477 e. The first-order valence-corrected chi connectivity index (χ1v) is 9.34. The minimum Gasteiger partial charge on any atom is -0.381 e. The molecular weight excluding hydrogens is 282 g/mol. The molecular formula is C17H27NO2S. The molecule has 118 valence electrons. The lowest BCUT2D eigenvalue weighted by molar-refractivity contribution is 0.0992. The van der Waals surface area contributed by atoms with Gasteiger partial charge in [0.1, 0.15) is 0 Å². The molecule has 1 aromatic rings. The van der Waals surface area contributed by atoms with E-state index in [-0.39, 0.29) is 6.04 Å². The van der Waals surface area contributed by atoms with Crippen LogP contribution in [0.25, 0.3) is 0 Å². The Kier molecular flexibility index (Phi) is 6.87. The van der Waals surface area contributed by atoms with Gasteiger partial charge in [-0.05, 0) is 43.9 Å². The van der Waals surface area contributed by atoms with Gasteiger partial charge < -0.3 is 10.1 Å². The van der Waals surface area contributed by atoms with E-state index in [1.54, 1.807) is 0 Å². The molecule has 2 atom stereocenters. The Morgan fingerprint density at radius 3 is 2.71 bits per heavy atom. The second-order valence-corrected chi connectivity index (χ2v) is 7.48. The molecule has 3 nitrogen and oxygen atoms in total. The highest BCUT2D eigenvalue weighted by molar-refractivity contribution is 7.85. The number of aryl methyl sites for hydroxylation is 1. The largest absolute Gasteiger partial charge is 0.381 e. The Morgan fingerprint density at radius 1 is 1.33 bits per heavy atom. The van der Waals surface area contributed by atoms with Gasteiger partial charge in [-0.25, -0.2) is 0 Å². The van der Waals surface area contributed by atoms with Crippen molar-refractivity contribution in [1.82, 2.24) is 5.32 Å². The van der Waals surface area contributed by atoms with Crippen LogP contribution in [0.3, 0.4) is 0 Å². The Hall–Kier alpha value is -0.710. The summed E-state index contributed by atoms with van der Waals surface area (Å²) in [4.78, 5) is 0. The van der Waals surface area contributed by atoms with E-state index < -0.39 is 10.8 Å². The van der Waals surface area contributed by atoms with Crippen LogP contribution in [0.5, 0.6) is 0 Å². The molecule has 1 saturated heterocycles. The number of hydrogen-bond acceptors (Lipinski definition) is 3. The quantitative estimate of drug-likeness (QED) is 0.841. The van der Waals surface area contributed by atoms with E-state index in [9.17, 15) is 4.21 Å². The maximum absolute atomic E-state index is 12.7. The van der Waals surface area contributed by atoms with E-state index >= 15 is 0 Å². The first kappa shape index (κ1) is 16.7. The van der Waals surface area contributed by atoms with Crippen LogP contribution in [0.2, 0.25) is 0 Å². The number of ether oxygens (including phenoxy) is 1. The molecule has 0 saturated carbocycles. The lowest BCUT2D eigenvalue weighted by Gasteiger charge is -2.25. The van der Waals surface area contributed by atoms with Crippen molar-refractivity contribution in [2.24, 2.45) is 0 Å². The van der Waals surface area contributed by atoms with E-state index in [0.717, 1.165) is 39.0 Å². The van der Waals surface area contributed by atoms with Crippen LogP contribution in [0.1, 0.15) is 43.4 Å². The summed E-state index contributed by atoms with van der Waals surface area (Å²) in [6, 6.07) is 8.61. The average molecular weight is 309 g/mol. The van der Waals surface area contributed by atoms with Crippen molar-refractivity contribution < 1.29 is 8.95 Å². The molecule has 2 rings (SSSR count). The molecule has 0 aliphatic carbocycles. The number of hydrogen-bond donors (Lipinski definition) is 1. The molecule has 1 aliphatic heterocycles. The predicted octanol–water partition coefficient (Wildman–Crippen LogP) is 2.96. The van der Waals surface area contributed by atoms with Gasteiger partial charge in [-0.2, -0.15) is 0 Å². The Bertz CT molecular complexity index is 458. The zero-order valence-electron chi connectivity index (χ0n) is 13.1. The summed E-state index contributed by atoms with van der Waals surface area (Å²) in [6.07, 6.45) is 2.95. The molecule has 0 bridgehead atoms. The van der Waals surface area contributed by atoms with E-state index in [1.165, 1.54) is 11.1 Å². The molecule has 0 radical (unpaired) electrons. The fourth-order valence-corrected chi connectivity index (χ4v) is 4.41. The number of rotatable bonds is 7. The minimum atomic E-state index is -0.791. The molecule has 0 amide bonds. The lowest BCUT2D eigenvalue weighted by Crippen LogP contribution is -2.33. The average Bonchev–Trinajstić information content (AvgIpc) is 2.53. The normalized spacial score (nSPS) is 19.3. The van der Waals surface area contributed by atoms with Gasteiger partial charge in [0.15, 0.2) is 0 Å². The topological polar surface area (TPSA) is 38.3 Å². The summed E-state index contributed by atoms with van der Waals surface area (Å²) >= 11 is 0. The summed E-state index contributed by atoms with van der Waals surface area (Å²) in [6.45, 7) is 6.77. The number of nitrogens with one attached hydrogen (secondary N) is 1. The summed E-state index contributed by atoms with van der Waals surface area (Å²) in [5.74, 6) is 0.704. The fraction of sp³-hybridized carbons (Fsp3) is 0.647. The summed E-state index contributed by atoms with van der Waals surface area (Å²) in [5.41, 5.74) is 2.56. The molecule has 0 spiro atoms. The zero-order valence-corrected chi connectivity index (χ0v) is 14.0. The van der Waals surface area contributed by atoms with Crippen molar-refractivity contribution >= 4 is 10.8 Å². The Balaban J connectivity index is 2.05. The van der Waals surface area contributed by atoms with Gasteiger partial charge in [0, 0.05) is 41.1 Å². The van der Waals surface area contributed by atoms with Crippen LogP contribution in [-0.4, -0.2) is 35.0 Å². The second-order valence-electron chi connectivity index (χ2n) is 5.72. The second kappa shape index (κ2) is 8.66. The van der Waals surface area contributed by atoms with Crippen molar-refractivity contribution in [2.75, 3.05) is 25.5 Å². The highest BCUT2D eigenvalue weighted by Crippen LogP contribution is 2.22. The monoisotopic (exact) mass is 309 g/mol. The van der Waals surface area contributed by atoms with Gasteiger partial charge in [0.2, 0.25) is 0 Å². The summed E-state index contributed by atoms with van der Waals surface area (Å²) in [5, 5.41) is 3.87. The van der Waals surface area contributed by atoms with E-state index in [4.69, 9.17) is 4.74 Å². The summed E-state index contributed by atoms with van der Waals surface area (Å²) < 4.78 is 18.0. The SMILES string of the molecule is CCCNC(CS(=O)C1CCOCC1)c1ccccc1C. The first-order chi connectivity index (χ1) is 10.2. The van der Waals surface area contributed by atoms with Crippen LogP contribution in [0.15, 0.2) is 24.3 Å². The molecule has 0 aromatic heterocycles. The highest BCUT2D eigenvalue weighted by atomic mass is 32.2. The van der Waals surface area contributed by atoms with Crippen molar-refractivity contribution in [2.45, 2.75) is 44.4 Å². The molecule has 1 aromatic carbocycles. The first-order valence-electron chi connectivity index (χ1n) is 7.96. The van der Waals surface area contributed by atoms with Gasteiger partial charge in [0.05, 0.1) is 0 Å². The van der Waals surface area contributed by atoms with Crippen molar-refractivity contribution in [3.63, 3.8) is 0 Å². The van der Waals surface area contributed by atoms with Gasteiger partial charge in [0.25, 0.3) is 0 Å². The van der Waals surface area contributed by atoms with Crippen LogP contribution >= 0.6 is 0 Å². The van der Waals surface area contributed by atoms with Crippen LogP contribution < -0.4 is 5.32 Å². The van der Waals surface area contributed by atoms with Crippen molar-refractivity contribution in [3.8, 4) is 0 Å². The van der Waals surface area contributed by atoms with Crippen molar-refractivity contribution in [1.29, 1.82) is 0 Å². The van der Waals surface area contributed by atoms with Gasteiger partial charge in [-0.15, -0.1) is 0 Å². The van der Waals surface area contributed by atoms with Crippen LogP contribution in [0.4, 0.5) is 0 Å². The van der Waals surface area contributed by atoms with Gasteiger partial charge in [-0.1, -0.05) is 31.2 Å².